The number of hydrogen-bond donors (Lipinski definition) is 0. The Hall–Kier alpha value is -2.61. The summed E-state index contributed by atoms with van der Waals surface area (Å²) in [6, 6.07) is 8.31. The summed E-state index contributed by atoms with van der Waals surface area (Å²) in [6.07, 6.45) is -1.12. The van der Waals surface area contributed by atoms with Crippen molar-refractivity contribution in [3.05, 3.63) is 58.9 Å². The number of halogens is 3. The van der Waals surface area contributed by atoms with Gasteiger partial charge in [0.1, 0.15) is 5.75 Å². The van der Waals surface area contributed by atoms with Crippen LogP contribution in [0.25, 0.3) is 0 Å². The number of carbonyl (C=O) groups excluding carboxylic acids is 1. The van der Waals surface area contributed by atoms with Gasteiger partial charge in [-0.1, -0.05) is 19.9 Å². The number of benzene rings is 1. The molecule has 0 radical (unpaired) electrons. The van der Waals surface area contributed by atoms with Crippen LogP contribution in [0.15, 0.2) is 36.5 Å². The van der Waals surface area contributed by atoms with Gasteiger partial charge < -0.3 is 14.4 Å². The Morgan fingerprint density at radius 1 is 1.23 bits per heavy atom. The highest BCUT2D eigenvalue weighted by molar-refractivity contribution is 5.95. The standard InChI is InChI=1S/C23H25F3N2O3/c1-15(2)18-9-16(10-20(11-18)31-23(24,25)26)3-5-19-6-4-17(12-27-19)21(29)28-8-7-22(28)13-30-14-22/h4,6,9-12,15H,3,5,7-8,13-14H2,1-2H3. The molecule has 4 rings (SSSR count). The normalized spacial score (nSPS) is 17.4. The zero-order chi connectivity index (χ0) is 22.2. The number of amides is 1. The molecular weight excluding hydrogens is 409 g/mol. The Morgan fingerprint density at radius 3 is 2.52 bits per heavy atom. The molecule has 5 nitrogen and oxygen atoms in total. The molecule has 0 N–H and O–H groups in total. The highest BCUT2D eigenvalue weighted by atomic mass is 19.4. The number of likely N-dealkylation sites (tertiary alicyclic amines) is 1. The molecular formula is C23H25F3N2O3. The fourth-order valence-corrected chi connectivity index (χ4v) is 3.98. The molecule has 0 saturated carbocycles. The van der Waals surface area contributed by atoms with Crippen molar-refractivity contribution < 1.29 is 27.4 Å². The van der Waals surface area contributed by atoms with Crippen molar-refractivity contribution in [2.75, 3.05) is 19.8 Å². The van der Waals surface area contributed by atoms with Gasteiger partial charge in [0.15, 0.2) is 0 Å². The van der Waals surface area contributed by atoms with Crippen LogP contribution in [-0.4, -0.2) is 47.5 Å². The molecule has 1 amide bonds. The molecule has 1 spiro atoms. The highest BCUT2D eigenvalue weighted by Gasteiger charge is 2.53. The van der Waals surface area contributed by atoms with Crippen molar-refractivity contribution in [2.45, 2.75) is 50.9 Å². The van der Waals surface area contributed by atoms with E-state index < -0.39 is 6.36 Å². The minimum absolute atomic E-state index is 0.0350. The monoisotopic (exact) mass is 434 g/mol. The van der Waals surface area contributed by atoms with Gasteiger partial charge in [-0.2, -0.15) is 0 Å². The van der Waals surface area contributed by atoms with E-state index in [0.29, 0.717) is 31.6 Å². The average molecular weight is 434 g/mol. The van der Waals surface area contributed by atoms with Crippen LogP contribution in [-0.2, 0) is 17.6 Å². The van der Waals surface area contributed by atoms with Crippen molar-refractivity contribution in [1.29, 1.82) is 0 Å². The predicted molar refractivity (Wildman–Crippen MR) is 108 cm³/mol. The van der Waals surface area contributed by atoms with E-state index in [4.69, 9.17) is 4.74 Å². The van der Waals surface area contributed by atoms with Crippen LogP contribution < -0.4 is 4.74 Å². The zero-order valence-electron chi connectivity index (χ0n) is 17.5. The summed E-state index contributed by atoms with van der Waals surface area (Å²) in [7, 11) is 0. The summed E-state index contributed by atoms with van der Waals surface area (Å²) in [5, 5.41) is 0. The third kappa shape index (κ3) is 4.69. The Balaban J connectivity index is 1.41. The van der Waals surface area contributed by atoms with E-state index >= 15 is 0 Å². The van der Waals surface area contributed by atoms with Crippen molar-refractivity contribution in [1.82, 2.24) is 9.88 Å². The first-order chi connectivity index (χ1) is 14.7. The lowest BCUT2D eigenvalue weighted by atomic mass is 9.82. The maximum Gasteiger partial charge on any atom is 0.573 e. The molecule has 1 aromatic heterocycles. The number of aryl methyl sites for hydroxylation is 2. The van der Waals surface area contributed by atoms with Gasteiger partial charge in [0.2, 0.25) is 0 Å². The van der Waals surface area contributed by atoms with Gasteiger partial charge >= 0.3 is 6.36 Å². The van der Waals surface area contributed by atoms with E-state index in [0.717, 1.165) is 29.8 Å². The van der Waals surface area contributed by atoms with Crippen LogP contribution in [0, 0.1) is 0 Å². The van der Waals surface area contributed by atoms with Crippen LogP contribution in [0.4, 0.5) is 13.2 Å². The van der Waals surface area contributed by atoms with Crippen molar-refractivity contribution in [3.63, 3.8) is 0 Å². The molecule has 3 heterocycles. The molecule has 2 aliphatic rings. The van der Waals surface area contributed by atoms with E-state index in [-0.39, 0.29) is 23.1 Å². The molecule has 2 aromatic rings. The summed E-state index contributed by atoms with van der Waals surface area (Å²) < 4.78 is 47.3. The second kappa shape index (κ2) is 8.15. The summed E-state index contributed by atoms with van der Waals surface area (Å²) in [5.74, 6) is -0.164. The van der Waals surface area contributed by atoms with Crippen molar-refractivity contribution in [2.24, 2.45) is 0 Å². The number of hydrogen-bond acceptors (Lipinski definition) is 4. The lowest BCUT2D eigenvalue weighted by Crippen LogP contribution is -2.72. The number of rotatable bonds is 6. The van der Waals surface area contributed by atoms with Crippen LogP contribution in [0.2, 0.25) is 0 Å². The first kappa shape index (κ1) is 21.6. The van der Waals surface area contributed by atoms with E-state index in [1.165, 1.54) is 12.1 Å². The van der Waals surface area contributed by atoms with Crippen LogP contribution >= 0.6 is 0 Å². The Kier molecular flexibility index (Phi) is 5.68. The minimum Gasteiger partial charge on any atom is -0.406 e. The summed E-state index contributed by atoms with van der Waals surface area (Å²) in [6.45, 7) is 5.77. The van der Waals surface area contributed by atoms with Gasteiger partial charge in [0, 0.05) is 18.4 Å². The molecule has 0 unspecified atom stereocenters. The van der Waals surface area contributed by atoms with E-state index in [9.17, 15) is 18.0 Å². The third-order valence-electron chi connectivity index (χ3n) is 5.99. The van der Waals surface area contributed by atoms with E-state index in [2.05, 4.69) is 9.72 Å². The first-order valence-corrected chi connectivity index (χ1v) is 10.4. The Bertz CT molecular complexity index is 948. The van der Waals surface area contributed by atoms with E-state index in [1.54, 1.807) is 18.3 Å². The number of pyridine rings is 1. The largest absolute Gasteiger partial charge is 0.573 e. The molecule has 0 aliphatic carbocycles. The SMILES string of the molecule is CC(C)c1cc(CCc2ccc(C(=O)N3CCC34COC4)cn2)cc(OC(F)(F)F)c1. The average Bonchev–Trinajstić information content (AvgIpc) is 2.63. The lowest BCUT2D eigenvalue weighted by molar-refractivity contribution is -0.274. The van der Waals surface area contributed by atoms with Crippen molar-refractivity contribution in [3.8, 4) is 5.75 Å². The number of carbonyl (C=O) groups is 1. The summed E-state index contributed by atoms with van der Waals surface area (Å²) >= 11 is 0. The molecule has 166 valence electrons. The number of aromatic nitrogens is 1. The fraction of sp³-hybridized carbons (Fsp3) is 0.478. The van der Waals surface area contributed by atoms with Gasteiger partial charge in [0.05, 0.1) is 24.3 Å². The molecule has 1 aromatic carbocycles. The topological polar surface area (TPSA) is 51.7 Å². The smallest absolute Gasteiger partial charge is 0.406 e. The van der Waals surface area contributed by atoms with Crippen molar-refractivity contribution >= 4 is 5.91 Å². The zero-order valence-corrected chi connectivity index (χ0v) is 17.5. The lowest BCUT2D eigenvalue weighted by Gasteiger charge is -2.57. The molecule has 8 heteroatoms. The van der Waals surface area contributed by atoms with E-state index in [1.807, 2.05) is 24.8 Å². The summed E-state index contributed by atoms with van der Waals surface area (Å²) in [4.78, 5) is 19.0. The predicted octanol–water partition coefficient (Wildman–Crippen LogP) is 4.50. The Labute approximate surface area is 179 Å². The van der Waals surface area contributed by atoms with Crippen LogP contribution in [0.5, 0.6) is 5.75 Å². The molecule has 31 heavy (non-hydrogen) atoms. The molecule has 2 fully saturated rings. The second-order valence-electron chi connectivity index (χ2n) is 8.57. The first-order valence-electron chi connectivity index (χ1n) is 10.4. The fourth-order valence-electron chi connectivity index (χ4n) is 3.98. The van der Waals surface area contributed by atoms with Crippen LogP contribution in [0.1, 0.15) is 53.4 Å². The second-order valence-corrected chi connectivity index (χ2v) is 8.57. The van der Waals surface area contributed by atoms with Gasteiger partial charge in [-0.25, -0.2) is 0 Å². The van der Waals surface area contributed by atoms with Crippen LogP contribution in [0.3, 0.4) is 0 Å². The number of nitrogens with zero attached hydrogens (tertiary/aromatic N) is 2. The third-order valence-corrected chi connectivity index (χ3v) is 5.99. The van der Waals surface area contributed by atoms with Gasteiger partial charge in [-0.3, -0.25) is 9.78 Å². The van der Waals surface area contributed by atoms with Gasteiger partial charge in [0.25, 0.3) is 5.91 Å². The number of ether oxygens (including phenoxy) is 2. The minimum atomic E-state index is -4.72. The maximum absolute atomic E-state index is 12.7. The molecule has 2 aliphatic heterocycles. The van der Waals surface area contributed by atoms with Gasteiger partial charge in [-0.15, -0.1) is 13.2 Å². The maximum atomic E-state index is 12.7. The molecule has 0 bridgehead atoms. The Morgan fingerprint density at radius 2 is 2.00 bits per heavy atom. The quantitative estimate of drug-likeness (QED) is 0.672. The summed E-state index contributed by atoms with van der Waals surface area (Å²) in [5.41, 5.74) is 2.73. The molecule has 2 saturated heterocycles. The molecule has 0 atom stereocenters. The van der Waals surface area contributed by atoms with Gasteiger partial charge in [-0.05, 0) is 60.6 Å². The highest BCUT2D eigenvalue weighted by Crippen LogP contribution is 2.38. The number of alkyl halides is 3.